The SMILES string of the molecule is CCCC(C)(C)OOc1cc(C)ccc1C(=O)O. The van der Waals surface area contributed by atoms with Crippen molar-refractivity contribution in [2.45, 2.75) is 46.1 Å². The van der Waals surface area contributed by atoms with Gasteiger partial charge in [0, 0.05) is 0 Å². The summed E-state index contributed by atoms with van der Waals surface area (Å²) >= 11 is 0. The number of hydrogen-bond acceptors (Lipinski definition) is 3. The zero-order chi connectivity index (χ0) is 13.8. The van der Waals surface area contributed by atoms with Crippen molar-refractivity contribution in [3.8, 4) is 5.75 Å². The molecule has 0 atom stereocenters. The van der Waals surface area contributed by atoms with E-state index in [0.717, 1.165) is 18.4 Å². The van der Waals surface area contributed by atoms with Crippen LogP contribution in [0.3, 0.4) is 0 Å². The summed E-state index contributed by atoms with van der Waals surface area (Å²) in [6, 6.07) is 4.90. The third kappa shape index (κ3) is 4.04. The van der Waals surface area contributed by atoms with Gasteiger partial charge in [-0.15, -0.1) is 0 Å². The van der Waals surface area contributed by atoms with Gasteiger partial charge in [-0.25, -0.2) is 4.79 Å². The van der Waals surface area contributed by atoms with Crippen LogP contribution >= 0.6 is 0 Å². The van der Waals surface area contributed by atoms with Gasteiger partial charge in [-0.1, -0.05) is 19.4 Å². The van der Waals surface area contributed by atoms with Crippen LogP contribution in [0.15, 0.2) is 18.2 Å². The van der Waals surface area contributed by atoms with Crippen LogP contribution in [-0.2, 0) is 4.89 Å². The van der Waals surface area contributed by atoms with Crippen LogP contribution in [-0.4, -0.2) is 16.7 Å². The highest BCUT2D eigenvalue weighted by Gasteiger charge is 2.21. The van der Waals surface area contributed by atoms with Crippen LogP contribution in [0.25, 0.3) is 0 Å². The number of benzene rings is 1. The number of aromatic carboxylic acids is 1. The van der Waals surface area contributed by atoms with Gasteiger partial charge in [0.05, 0.1) is 0 Å². The van der Waals surface area contributed by atoms with Crippen molar-refractivity contribution < 1.29 is 19.7 Å². The van der Waals surface area contributed by atoms with Gasteiger partial charge in [0.15, 0.2) is 5.75 Å². The van der Waals surface area contributed by atoms with Crippen molar-refractivity contribution in [3.05, 3.63) is 29.3 Å². The maximum Gasteiger partial charge on any atom is 0.339 e. The van der Waals surface area contributed by atoms with E-state index in [9.17, 15) is 4.79 Å². The lowest BCUT2D eigenvalue weighted by molar-refractivity contribution is -0.282. The summed E-state index contributed by atoms with van der Waals surface area (Å²) in [6.07, 6.45) is 1.80. The van der Waals surface area contributed by atoms with E-state index >= 15 is 0 Å². The number of aryl methyl sites for hydroxylation is 1. The van der Waals surface area contributed by atoms with Gasteiger partial charge in [-0.2, -0.15) is 4.89 Å². The molecule has 4 heteroatoms. The van der Waals surface area contributed by atoms with Crippen molar-refractivity contribution in [2.24, 2.45) is 0 Å². The molecule has 0 saturated heterocycles. The number of hydrogen-bond donors (Lipinski definition) is 1. The van der Waals surface area contributed by atoms with Gasteiger partial charge in [-0.3, -0.25) is 0 Å². The van der Waals surface area contributed by atoms with Gasteiger partial charge in [0.2, 0.25) is 0 Å². The molecule has 0 spiro atoms. The van der Waals surface area contributed by atoms with Gasteiger partial charge in [-0.05, 0) is 44.9 Å². The predicted molar refractivity (Wildman–Crippen MR) is 68.8 cm³/mol. The molecular weight excluding hydrogens is 232 g/mol. The first kappa shape index (κ1) is 14.5. The molecule has 4 nitrogen and oxygen atoms in total. The Balaban J connectivity index is 2.83. The van der Waals surface area contributed by atoms with Crippen LogP contribution in [0.2, 0.25) is 0 Å². The Morgan fingerprint density at radius 1 is 1.39 bits per heavy atom. The minimum atomic E-state index is -1.03. The third-order valence-electron chi connectivity index (χ3n) is 2.58. The van der Waals surface area contributed by atoms with E-state index in [1.165, 1.54) is 6.07 Å². The molecule has 0 aliphatic carbocycles. The Morgan fingerprint density at radius 3 is 2.61 bits per heavy atom. The summed E-state index contributed by atoms with van der Waals surface area (Å²) in [5.41, 5.74) is 0.591. The van der Waals surface area contributed by atoms with Crippen molar-refractivity contribution in [3.63, 3.8) is 0 Å². The van der Waals surface area contributed by atoms with Crippen LogP contribution in [0.1, 0.15) is 49.5 Å². The van der Waals surface area contributed by atoms with Crippen molar-refractivity contribution in [2.75, 3.05) is 0 Å². The Kier molecular flexibility index (Phi) is 4.73. The molecular formula is C14H20O4. The Hall–Kier alpha value is -1.55. The molecule has 0 fully saturated rings. The third-order valence-corrected chi connectivity index (χ3v) is 2.58. The van der Waals surface area contributed by atoms with E-state index in [4.69, 9.17) is 14.9 Å². The zero-order valence-corrected chi connectivity index (χ0v) is 11.3. The Labute approximate surface area is 107 Å². The number of carbonyl (C=O) groups is 1. The van der Waals surface area contributed by atoms with Crippen molar-refractivity contribution >= 4 is 5.97 Å². The quantitative estimate of drug-likeness (QED) is 0.621. The first-order chi connectivity index (χ1) is 8.35. The molecule has 0 saturated carbocycles. The smallest absolute Gasteiger partial charge is 0.339 e. The second-order valence-electron chi connectivity index (χ2n) is 4.98. The molecule has 0 aliphatic rings. The lowest BCUT2D eigenvalue weighted by Gasteiger charge is -2.23. The fourth-order valence-electron chi connectivity index (χ4n) is 1.68. The molecule has 1 aromatic rings. The number of rotatable bonds is 6. The summed E-state index contributed by atoms with van der Waals surface area (Å²) < 4.78 is 0. The minimum Gasteiger partial charge on any atom is -0.478 e. The summed E-state index contributed by atoms with van der Waals surface area (Å²) in [4.78, 5) is 21.6. The highest BCUT2D eigenvalue weighted by atomic mass is 17.2. The Morgan fingerprint density at radius 2 is 2.06 bits per heavy atom. The lowest BCUT2D eigenvalue weighted by atomic mass is 10.0. The van der Waals surface area contributed by atoms with E-state index in [0.29, 0.717) is 0 Å². The van der Waals surface area contributed by atoms with Crippen LogP contribution in [0.5, 0.6) is 5.75 Å². The van der Waals surface area contributed by atoms with E-state index in [2.05, 4.69) is 6.92 Å². The van der Waals surface area contributed by atoms with E-state index in [-0.39, 0.29) is 11.3 Å². The monoisotopic (exact) mass is 252 g/mol. The molecule has 0 unspecified atom stereocenters. The average Bonchev–Trinajstić information content (AvgIpc) is 2.26. The van der Waals surface area contributed by atoms with Crippen LogP contribution in [0, 0.1) is 6.92 Å². The molecule has 0 aliphatic heterocycles. The van der Waals surface area contributed by atoms with Crippen molar-refractivity contribution in [1.82, 2.24) is 0 Å². The molecule has 1 N–H and O–H groups in total. The molecule has 0 amide bonds. The highest BCUT2D eigenvalue weighted by molar-refractivity contribution is 5.90. The highest BCUT2D eigenvalue weighted by Crippen LogP contribution is 2.24. The lowest BCUT2D eigenvalue weighted by Crippen LogP contribution is -2.26. The van der Waals surface area contributed by atoms with Gasteiger partial charge < -0.3 is 9.99 Å². The van der Waals surface area contributed by atoms with Crippen LogP contribution < -0.4 is 4.89 Å². The molecule has 0 heterocycles. The fraction of sp³-hybridized carbons (Fsp3) is 0.500. The first-order valence-corrected chi connectivity index (χ1v) is 6.05. The fourth-order valence-corrected chi connectivity index (χ4v) is 1.68. The molecule has 100 valence electrons. The van der Waals surface area contributed by atoms with E-state index < -0.39 is 11.6 Å². The first-order valence-electron chi connectivity index (χ1n) is 6.05. The predicted octanol–water partition coefficient (Wildman–Crippen LogP) is 3.58. The summed E-state index contributed by atoms with van der Waals surface area (Å²) in [6.45, 7) is 7.75. The summed E-state index contributed by atoms with van der Waals surface area (Å²) in [5.74, 6) is -0.784. The molecule has 0 aromatic heterocycles. The van der Waals surface area contributed by atoms with Crippen molar-refractivity contribution in [1.29, 1.82) is 0 Å². The van der Waals surface area contributed by atoms with Gasteiger partial charge in [0.1, 0.15) is 11.2 Å². The number of carboxylic acid groups (broad SMARTS) is 1. The van der Waals surface area contributed by atoms with Gasteiger partial charge in [0.25, 0.3) is 0 Å². The molecule has 18 heavy (non-hydrogen) atoms. The maximum atomic E-state index is 11.0. The topological polar surface area (TPSA) is 55.8 Å². The molecule has 0 bridgehead atoms. The number of carboxylic acids is 1. The average molecular weight is 252 g/mol. The second kappa shape index (κ2) is 5.87. The van der Waals surface area contributed by atoms with Gasteiger partial charge >= 0.3 is 5.97 Å². The normalized spacial score (nSPS) is 11.3. The summed E-state index contributed by atoms with van der Waals surface area (Å²) in [5, 5.41) is 9.05. The molecule has 1 aromatic carbocycles. The minimum absolute atomic E-state index is 0.105. The standard InChI is InChI=1S/C14H20O4/c1-5-8-14(3,4)18-17-12-9-10(2)6-7-11(12)13(15)16/h6-7,9H,5,8H2,1-4H3,(H,15,16). The van der Waals surface area contributed by atoms with Crippen LogP contribution in [0.4, 0.5) is 0 Å². The largest absolute Gasteiger partial charge is 0.478 e. The Bertz CT molecular complexity index is 424. The zero-order valence-electron chi connectivity index (χ0n) is 11.3. The van der Waals surface area contributed by atoms with E-state index in [1.807, 2.05) is 20.8 Å². The molecule has 0 radical (unpaired) electrons. The summed E-state index contributed by atoms with van der Waals surface area (Å²) in [7, 11) is 0. The molecule has 1 rings (SSSR count). The van der Waals surface area contributed by atoms with E-state index in [1.54, 1.807) is 12.1 Å². The maximum absolute atomic E-state index is 11.0. The second-order valence-corrected chi connectivity index (χ2v) is 4.98.